The Morgan fingerprint density at radius 3 is 2.42 bits per heavy atom. The maximum atomic E-state index is 13.4. The third-order valence-electron chi connectivity index (χ3n) is 7.75. The number of morpholine rings is 1. The smallest absolute Gasteiger partial charge is 0.399 e. The van der Waals surface area contributed by atoms with E-state index in [2.05, 4.69) is 34.9 Å². The summed E-state index contributed by atoms with van der Waals surface area (Å²) in [6.45, 7) is 11.4. The molecule has 2 fully saturated rings. The molecule has 1 aromatic carbocycles. The number of aryl methyl sites for hydroxylation is 2. The van der Waals surface area contributed by atoms with Crippen molar-refractivity contribution in [2.45, 2.75) is 64.7 Å². The van der Waals surface area contributed by atoms with E-state index < -0.39 is 18.3 Å². The number of ether oxygens (including phenoxy) is 1. The van der Waals surface area contributed by atoms with Gasteiger partial charge in [0, 0.05) is 37.5 Å². The lowest BCUT2D eigenvalue weighted by Crippen LogP contribution is -2.41. The number of rotatable bonds is 7. The van der Waals surface area contributed by atoms with E-state index in [0.29, 0.717) is 31.9 Å². The molecule has 190 valence electrons. The second-order valence-electron chi connectivity index (χ2n) is 10.8. The molecule has 1 amide bonds. The number of hydrogen-bond donors (Lipinski definition) is 0. The maximum Gasteiger partial charge on any atom is 0.496 e. The van der Waals surface area contributed by atoms with Crippen LogP contribution >= 0.6 is 0 Å². The van der Waals surface area contributed by atoms with Gasteiger partial charge in [-0.1, -0.05) is 30.3 Å². The number of hydrogen-bond acceptors (Lipinski definition) is 5. The van der Waals surface area contributed by atoms with Crippen LogP contribution in [-0.4, -0.2) is 65.0 Å². The molecule has 7 nitrogen and oxygen atoms in total. The van der Waals surface area contributed by atoms with Crippen LogP contribution in [0.15, 0.2) is 48.8 Å². The Bertz CT molecular complexity index is 1200. The number of pyridine rings is 1. The lowest BCUT2D eigenvalue weighted by atomic mass is 9.80. The van der Waals surface area contributed by atoms with Crippen molar-refractivity contribution in [2.24, 2.45) is 0 Å². The van der Waals surface area contributed by atoms with E-state index in [-0.39, 0.29) is 5.91 Å². The Hall–Kier alpha value is -2.68. The van der Waals surface area contributed by atoms with Crippen LogP contribution < -0.4 is 5.46 Å². The highest BCUT2D eigenvalue weighted by molar-refractivity contribution is 6.62. The fourth-order valence-corrected chi connectivity index (χ4v) is 4.82. The second kappa shape index (κ2) is 10.00. The molecule has 8 heteroatoms. The fraction of sp³-hybridized carbons (Fsp3) is 0.500. The molecule has 0 aliphatic carbocycles. The predicted molar refractivity (Wildman–Crippen MR) is 142 cm³/mol. The molecule has 0 saturated carbocycles. The van der Waals surface area contributed by atoms with Crippen LogP contribution in [0.3, 0.4) is 0 Å². The first-order chi connectivity index (χ1) is 17.2. The summed E-state index contributed by atoms with van der Waals surface area (Å²) < 4.78 is 20.2. The second-order valence-corrected chi connectivity index (χ2v) is 10.8. The lowest BCUT2D eigenvalue weighted by molar-refractivity contribution is 0.00578. The van der Waals surface area contributed by atoms with Gasteiger partial charge in [-0.05, 0) is 58.6 Å². The molecule has 0 unspecified atom stereocenters. The standard InChI is InChI=1S/C28H36BN3O4/c1-27(2)28(3,4)36-29(35-27)22-18-24-25(30-19-22)23(26(33)31-14-16-34-17-15-31)20-32(24)13-9-8-12-21-10-6-5-7-11-21/h5-7,10-11,18-20H,8-9,12-17H2,1-4H3. The van der Waals surface area contributed by atoms with Gasteiger partial charge in [0.25, 0.3) is 5.91 Å². The van der Waals surface area contributed by atoms with E-state index in [4.69, 9.17) is 19.0 Å². The summed E-state index contributed by atoms with van der Waals surface area (Å²) in [6, 6.07) is 12.6. The van der Waals surface area contributed by atoms with Crippen molar-refractivity contribution >= 4 is 29.5 Å². The molecule has 4 heterocycles. The highest BCUT2D eigenvalue weighted by Crippen LogP contribution is 2.36. The van der Waals surface area contributed by atoms with Crippen molar-refractivity contribution in [3.63, 3.8) is 0 Å². The Balaban J connectivity index is 1.41. The molecule has 5 rings (SSSR count). The van der Waals surface area contributed by atoms with Crippen LogP contribution in [0.4, 0.5) is 0 Å². The van der Waals surface area contributed by atoms with Crippen molar-refractivity contribution in [3.05, 3.63) is 59.9 Å². The van der Waals surface area contributed by atoms with Gasteiger partial charge in [-0.2, -0.15) is 0 Å². The quantitative estimate of drug-likeness (QED) is 0.373. The van der Waals surface area contributed by atoms with E-state index in [1.54, 1.807) is 6.20 Å². The molecule has 0 spiro atoms. The van der Waals surface area contributed by atoms with E-state index in [0.717, 1.165) is 42.3 Å². The Morgan fingerprint density at radius 1 is 1.03 bits per heavy atom. The van der Waals surface area contributed by atoms with Gasteiger partial charge in [0.15, 0.2) is 0 Å². The number of amides is 1. The minimum atomic E-state index is -0.494. The molecule has 0 atom stereocenters. The lowest BCUT2D eigenvalue weighted by Gasteiger charge is -2.32. The van der Waals surface area contributed by atoms with Crippen LogP contribution in [0.25, 0.3) is 11.0 Å². The highest BCUT2D eigenvalue weighted by atomic mass is 16.7. The number of fused-ring (bicyclic) bond motifs is 1. The molecule has 0 radical (unpaired) electrons. The average molecular weight is 489 g/mol. The number of aromatic nitrogens is 2. The third kappa shape index (κ3) is 4.94. The zero-order chi connectivity index (χ0) is 25.3. The summed E-state index contributed by atoms with van der Waals surface area (Å²) in [7, 11) is -0.494. The summed E-state index contributed by atoms with van der Waals surface area (Å²) in [5.41, 5.74) is 3.69. The summed E-state index contributed by atoms with van der Waals surface area (Å²) in [4.78, 5) is 20.1. The highest BCUT2D eigenvalue weighted by Gasteiger charge is 2.52. The summed E-state index contributed by atoms with van der Waals surface area (Å²) >= 11 is 0. The Kier molecular flexibility index (Phi) is 6.94. The topological polar surface area (TPSA) is 65.8 Å². The summed E-state index contributed by atoms with van der Waals surface area (Å²) in [5.74, 6) is 0.0159. The van der Waals surface area contributed by atoms with Gasteiger partial charge in [0.2, 0.25) is 0 Å². The van der Waals surface area contributed by atoms with E-state index in [1.165, 1.54) is 5.56 Å². The first kappa shape index (κ1) is 25.0. The van der Waals surface area contributed by atoms with Gasteiger partial charge in [-0.15, -0.1) is 0 Å². The van der Waals surface area contributed by atoms with Crippen molar-refractivity contribution in [3.8, 4) is 0 Å². The molecule has 2 aromatic heterocycles. The summed E-state index contributed by atoms with van der Waals surface area (Å²) in [6.07, 6.45) is 6.88. The first-order valence-corrected chi connectivity index (χ1v) is 13.0. The number of carbonyl (C=O) groups excluding carboxylic acids is 1. The molecule has 2 saturated heterocycles. The van der Waals surface area contributed by atoms with Crippen LogP contribution in [0.1, 0.15) is 56.5 Å². The van der Waals surface area contributed by atoms with Gasteiger partial charge >= 0.3 is 7.12 Å². The predicted octanol–water partition coefficient (Wildman–Crippen LogP) is 3.83. The zero-order valence-electron chi connectivity index (χ0n) is 21.8. The first-order valence-electron chi connectivity index (χ1n) is 13.0. The van der Waals surface area contributed by atoms with Crippen LogP contribution in [0.5, 0.6) is 0 Å². The molecule has 36 heavy (non-hydrogen) atoms. The zero-order valence-corrected chi connectivity index (χ0v) is 21.8. The van der Waals surface area contributed by atoms with Gasteiger partial charge in [0.1, 0.15) is 5.52 Å². The molecular formula is C28H36BN3O4. The van der Waals surface area contributed by atoms with Crippen LogP contribution in [0, 0.1) is 0 Å². The molecule has 0 N–H and O–H groups in total. The fourth-order valence-electron chi connectivity index (χ4n) is 4.82. The monoisotopic (exact) mass is 489 g/mol. The number of carbonyl (C=O) groups is 1. The van der Waals surface area contributed by atoms with Crippen molar-refractivity contribution in [1.29, 1.82) is 0 Å². The van der Waals surface area contributed by atoms with Gasteiger partial charge in [-0.25, -0.2) is 0 Å². The number of benzene rings is 1. The minimum absolute atomic E-state index is 0.0159. The normalized spacial score (nSPS) is 19.2. The maximum absolute atomic E-state index is 13.4. The molecule has 0 bridgehead atoms. The Labute approximate surface area is 213 Å². The van der Waals surface area contributed by atoms with E-state index >= 15 is 0 Å². The number of unbranched alkanes of at least 4 members (excludes halogenated alkanes) is 1. The van der Waals surface area contributed by atoms with Crippen LogP contribution in [0.2, 0.25) is 0 Å². The number of nitrogens with zero attached hydrogens (tertiary/aromatic N) is 3. The Morgan fingerprint density at radius 2 is 1.72 bits per heavy atom. The SMILES string of the molecule is CC1(C)OB(c2cnc3c(C(=O)N4CCOCC4)cn(CCCCc4ccccc4)c3c2)OC1(C)C. The van der Waals surface area contributed by atoms with Gasteiger partial charge in [-0.3, -0.25) is 9.78 Å². The van der Waals surface area contributed by atoms with Crippen molar-refractivity contribution in [2.75, 3.05) is 26.3 Å². The minimum Gasteiger partial charge on any atom is -0.399 e. The molecular weight excluding hydrogens is 453 g/mol. The van der Waals surface area contributed by atoms with Crippen molar-refractivity contribution < 1.29 is 18.8 Å². The van der Waals surface area contributed by atoms with E-state index in [9.17, 15) is 4.79 Å². The van der Waals surface area contributed by atoms with Crippen molar-refractivity contribution in [1.82, 2.24) is 14.5 Å². The van der Waals surface area contributed by atoms with Gasteiger partial charge in [0.05, 0.1) is 35.5 Å². The molecule has 2 aliphatic rings. The van der Waals surface area contributed by atoms with Crippen LogP contribution in [-0.2, 0) is 27.0 Å². The van der Waals surface area contributed by atoms with Gasteiger partial charge < -0.3 is 23.5 Å². The average Bonchev–Trinajstić information content (AvgIpc) is 3.35. The largest absolute Gasteiger partial charge is 0.496 e. The summed E-state index contributed by atoms with van der Waals surface area (Å²) in [5, 5.41) is 0. The third-order valence-corrected chi connectivity index (χ3v) is 7.75. The van der Waals surface area contributed by atoms with E-state index in [1.807, 2.05) is 44.9 Å². The molecule has 2 aliphatic heterocycles. The molecule has 3 aromatic rings.